The van der Waals surface area contributed by atoms with Crippen LogP contribution in [-0.2, 0) is 6.61 Å². The summed E-state index contributed by atoms with van der Waals surface area (Å²) in [6.45, 7) is -0.196. The lowest BCUT2D eigenvalue weighted by atomic mass is 10.1. The Morgan fingerprint density at radius 2 is 1.95 bits per heavy atom. The number of fused-ring (bicyclic) bond motifs is 1. The topological polar surface area (TPSA) is 42.4 Å². The standard InChI is InChI=1S/C16H11ClFNO2/c17-14-8-11(18)5-6-15(14)21-16-13-4-2-1-3-10(13)7-12(9-20)19-16/h1-8,20H,9H2. The molecule has 3 aromatic rings. The quantitative estimate of drug-likeness (QED) is 0.784. The number of ether oxygens (including phenoxy) is 1. The molecule has 0 saturated carbocycles. The van der Waals surface area contributed by atoms with Crippen molar-refractivity contribution in [2.45, 2.75) is 6.61 Å². The number of aliphatic hydroxyl groups is 1. The van der Waals surface area contributed by atoms with Gasteiger partial charge in [-0.05, 0) is 35.7 Å². The first-order valence-electron chi connectivity index (χ1n) is 6.30. The Hall–Kier alpha value is -2.17. The fourth-order valence-corrected chi connectivity index (χ4v) is 2.25. The molecule has 0 fully saturated rings. The second kappa shape index (κ2) is 5.68. The number of aliphatic hydroxyl groups excluding tert-OH is 1. The average molecular weight is 304 g/mol. The van der Waals surface area contributed by atoms with E-state index >= 15 is 0 Å². The van der Waals surface area contributed by atoms with Crippen LogP contribution in [0.15, 0.2) is 48.5 Å². The number of aromatic nitrogens is 1. The Bertz CT molecular complexity index is 807. The lowest BCUT2D eigenvalue weighted by Gasteiger charge is -2.11. The third kappa shape index (κ3) is 2.82. The van der Waals surface area contributed by atoms with E-state index in [2.05, 4.69) is 4.98 Å². The first-order valence-corrected chi connectivity index (χ1v) is 6.67. The van der Waals surface area contributed by atoms with Crippen LogP contribution in [0.1, 0.15) is 5.69 Å². The minimum absolute atomic E-state index is 0.162. The molecular formula is C16H11ClFNO2. The number of rotatable bonds is 3. The van der Waals surface area contributed by atoms with Crippen LogP contribution in [-0.4, -0.2) is 10.1 Å². The monoisotopic (exact) mass is 303 g/mol. The van der Waals surface area contributed by atoms with Gasteiger partial charge in [-0.1, -0.05) is 29.8 Å². The molecule has 0 aliphatic rings. The van der Waals surface area contributed by atoms with E-state index in [9.17, 15) is 9.50 Å². The number of hydrogen-bond donors (Lipinski definition) is 1. The van der Waals surface area contributed by atoms with Gasteiger partial charge < -0.3 is 9.84 Å². The van der Waals surface area contributed by atoms with Crippen molar-refractivity contribution in [2.75, 3.05) is 0 Å². The summed E-state index contributed by atoms with van der Waals surface area (Å²) in [5, 5.41) is 11.1. The minimum Gasteiger partial charge on any atom is -0.437 e. The Labute approximate surface area is 125 Å². The molecule has 0 saturated heterocycles. The van der Waals surface area contributed by atoms with Crippen molar-refractivity contribution in [3.8, 4) is 11.6 Å². The van der Waals surface area contributed by atoms with Gasteiger partial charge in [0.25, 0.3) is 0 Å². The zero-order valence-electron chi connectivity index (χ0n) is 10.9. The van der Waals surface area contributed by atoms with Gasteiger partial charge in [-0.2, -0.15) is 0 Å². The highest BCUT2D eigenvalue weighted by Crippen LogP contribution is 2.33. The van der Waals surface area contributed by atoms with Crippen LogP contribution in [0, 0.1) is 5.82 Å². The highest BCUT2D eigenvalue weighted by Gasteiger charge is 2.10. The van der Waals surface area contributed by atoms with Crippen molar-refractivity contribution in [1.82, 2.24) is 4.98 Å². The van der Waals surface area contributed by atoms with Crippen LogP contribution < -0.4 is 4.74 Å². The maximum absolute atomic E-state index is 13.1. The Balaban J connectivity index is 2.10. The SMILES string of the molecule is OCc1cc2ccccc2c(Oc2ccc(F)cc2Cl)n1. The molecule has 21 heavy (non-hydrogen) atoms. The first kappa shape index (κ1) is 13.8. The summed E-state index contributed by atoms with van der Waals surface area (Å²) in [6, 6.07) is 13.2. The Kier molecular flexibility index (Phi) is 3.73. The molecular weight excluding hydrogens is 293 g/mol. The number of pyridine rings is 1. The van der Waals surface area contributed by atoms with Crippen molar-refractivity contribution in [2.24, 2.45) is 0 Å². The van der Waals surface area contributed by atoms with Crippen molar-refractivity contribution >= 4 is 22.4 Å². The second-order valence-corrected chi connectivity index (χ2v) is 4.88. The number of benzene rings is 2. The Morgan fingerprint density at radius 1 is 1.14 bits per heavy atom. The highest BCUT2D eigenvalue weighted by atomic mass is 35.5. The van der Waals surface area contributed by atoms with E-state index in [4.69, 9.17) is 16.3 Å². The van der Waals surface area contributed by atoms with Gasteiger partial charge in [0.05, 0.1) is 17.3 Å². The van der Waals surface area contributed by atoms with Crippen LogP contribution in [0.3, 0.4) is 0 Å². The number of halogens is 2. The molecule has 5 heteroatoms. The summed E-state index contributed by atoms with van der Waals surface area (Å²) in [6.07, 6.45) is 0. The molecule has 106 valence electrons. The summed E-state index contributed by atoms with van der Waals surface area (Å²) in [7, 11) is 0. The van der Waals surface area contributed by atoms with E-state index in [1.165, 1.54) is 18.2 Å². The first-order chi connectivity index (χ1) is 10.2. The van der Waals surface area contributed by atoms with Gasteiger partial charge in [-0.25, -0.2) is 9.37 Å². The van der Waals surface area contributed by atoms with Gasteiger partial charge in [-0.15, -0.1) is 0 Å². The van der Waals surface area contributed by atoms with Gasteiger partial charge in [0, 0.05) is 5.39 Å². The molecule has 3 rings (SSSR count). The minimum atomic E-state index is -0.436. The molecule has 1 N–H and O–H groups in total. The van der Waals surface area contributed by atoms with Crippen LogP contribution in [0.5, 0.6) is 11.6 Å². The van der Waals surface area contributed by atoms with Crippen molar-refractivity contribution in [1.29, 1.82) is 0 Å². The fourth-order valence-electron chi connectivity index (χ4n) is 2.04. The van der Waals surface area contributed by atoms with Gasteiger partial charge in [0.15, 0.2) is 0 Å². The van der Waals surface area contributed by atoms with E-state index < -0.39 is 5.82 Å². The second-order valence-electron chi connectivity index (χ2n) is 4.47. The van der Waals surface area contributed by atoms with Crippen molar-refractivity contribution < 1.29 is 14.2 Å². The zero-order chi connectivity index (χ0) is 14.8. The summed E-state index contributed by atoms with van der Waals surface area (Å²) in [5.74, 6) is 0.200. The van der Waals surface area contributed by atoms with Gasteiger partial charge in [0.1, 0.15) is 11.6 Å². The number of hydrogen-bond acceptors (Lipinski definition) is 3. The predicted molar refractivity (Wildman–Crippen MR) is 79.1 cm³/mol. The van der Waals surface area contributed by atoms with Crippen LogP contribution in [0.2, 0.25) is 5.02 Å². The normalized spacial score (nSPS) is 10.8. The maximum atomic E-state index is 13.1. The lowest BCUT2D eigenvalue weighted by Crippen LogP contribution is -1.95. The van der Waals surface area contributed by atoms with Crippen LogP contribution >= 0.6 is 11.6 Å². The van der Waals surface area contributed by atoms with Crippen LogP contribution in [0.25, 0.3) is 10.8 Å². The maximum Gasteiger partial charge on any atom is 0.227 e. The van der Waals surface area contributed by atoms with E-state index in [0.717, 1.165) is 10.8 Å². The fraction of sp³-hybridized carbons (Fsp3) is 0.0625. The van der Waals surface area contributed by atoms with E-state index in [1.54, 1.807) is 6.07 Å². The summed E-state index contributed by atoms with van der Waals surface area (Å²) < 4.78 is 18.8. The summed E-state index contributed by atoms with van der Waals surface area (Å²) in [5.41, 5.74) is 0.488. The molecule has 0 atom stereocenters. The molecule has 1 aromatic heterocycles. The van der Waals surface area contributed by atoms with Crippen molar-refractivity contribution in [3.63, 3.8) is 0 Å². The molecule has 1 heterocycles. The Morgan fingerprint density at radius 3 is 2.71 bits per heavy atom. The van der Waals surface area contributed by atoms with E-state index in [1.807, 2.05) is 24.3 Å². The highest BCUT2D eigenvalue weighted by molar-refractivity contribution is 6.32. The van der Waals surface area contributed by atoms with Gasteiger partial charge >= 0.3 is 0 Å². The smallest absolute Gasteiger partial charge is 0.227 e. The molecule has 0 unspecified atom stereocenters. The number of nitrogens with zero attached hydrogens (tertiary/aromatic N) is 1. The van der Waals surface area contributed by atoms with Gasteiger partial charge in [-0.3, -0.25) is 0 Å². The molecule has 0 bridgehead atoms. The average Bonchev–Trinajstić information content (AvgIpc) is 2.49. The van der Waals surface area contributed by atoms with E-state index in [0.29, 0.717) is 17.3 Å². The predicted octanol–water partition coefficient (Wildman–Crippen LogP) is 4.31. The molecule has 3 nitrogen and oxygen atoms in total. The van der Waals surface area contributed by atoms with Gasteiger partial charge in [0.2, 0.25) is 5.88 Å². The van der Waals surface area contributed by atoms with Crippen LogP contribution in [0.4, 0.5) is 4.39 Å². The lowest BCUT2D eigenvalue weighted by molar-refractivity contribution is 0.275. The molecule has 0 aliphatic carbocycles. The summed E-state index contributed by atoms with van der Waals surface area (Å²) in [4.78, 5) is 4.25. The van der Waals surface area contributed by atoms with E-state index in [-0.39, 0.29) is 11.6 Å². The molecule has 0 spiro atoms. The zero-order valence-corrected chi connectivity index (χ0v) is 11.6. The van der Waals surface area contributed by atoms with Crippen molar-refractivity contribution in [3.05, 3.63) is 65.1 Å². The molecule has 0 radical (unpaired) electrons. The third-order valence-electron chi connectivity index (χ3n) is 3.02. The molecule has 0 aliphatic heterocycles. The molecule has 2 aromatic carbocycles. The third-order valence-corrected chi connectivity index (χ3v) is 3.32. The summed E-state index contributed by atoms with van der Waals surface area (Å²) >= 11 is 5.96. The molecule has 0 amide bonds. The largest absolute Gasteiger partial charge is 0.437 e.